The van der Waals surface area contributed by atoms with E-state index in [4.69, 9.17) is 32.7 Å². The molecule has 6 heteroatoms. The third kappa shape index (κ3) is 4.91. The summed E-state index contributed by atoms with van der Waals surface area (Å²) in [6, 6.07) is 10.3. The number of methoxy groups -OCH3 is 1. The molecule has 0 radical (unpaired) electrons. The van der Waals surface area contributed by atoms with Gasteiger partial charge in [-0.2, -0.15) is 0 Å². The second-order valence-corrected chi connectivity index (χ2v) is 5.41. The summed E-state index contributed by atoms with van der Waals surface area (Å²) in [6.07, 6.45) is 2.37. The molecule has 0 fully saturated rings. The molecule has 2 aromatic rings. The molecule has 0 bridgehead atoms. The lowest BCUT2D eigenvalue weighted by atomic mass is 10.2. The summed E-state index contributed by atoms with van der Waals surface area (Å²) in [4.78, 5) is 10.4. The average Bonchev–Trinajstić information content (AvgIpc) is 2.54. The van der Waals surface area contributed by atoms with Gasteiger partial charge in [-0.25, -0.2) is 0 Å². The van der Waals surface area contributed by atoms with Crippen molar-refractivity contribution in [1.82, 2.24) is 0 Å². The van der Waals surface area contributed by atoms with Crippen LogP contribution in [-0.4, -0.2) is 13.1 Å². The molecule has 0 aromatic heterocycles. The Morgan fingerprint density at radius 2 is 1.91 bits per heavy atom. The number of aliphatic carboxylic acids is 1. The summed E-state index contributed by atoms with van der Waals surface area (Å²) >= 11 is 11.8. The molecule has 2 rings (SSSR count). The van der Waals surface area contributed by atoms with E-state index in [1.165, 1.54) is 13.2 Å². The standard InChI is InChI=1S/C17H14Cl2O4/c1-22-16-9-11(4-7-17(20)21)3-6-15(16)23-10-12-2-5-13(18)14(19)8-12/h2-9H,10H2,1H3,(H,20,21)/p-1. The fraction of sp³-hybridized carbons (Fsp3) is 0.118. The fourth-order valence-corrected chi connectivity index (χ4v) is 2.18. The van der Waals surface area contributed by atoms with E-state index in [1.54, 1.807) is 30.3 Å². The number of ether oxygens (including phenoxy) is 2. The summed E-state index contributed by atoms with van der Waals surface area (Å²) in [5, 5.41) is 11.4. The lowest BCUT2D eigenvalue weighted by Crippen LogP contribution is -2.18. The van der Waals surface area contributed by atoms with Crippen molar-refractivity contribution in [2.45, 2.75) is 6.61 Å². The molecular formula is C17H13Cl2O4-. The van der Waals surface area contributed by atoms with E-state index in [1.807, 2.05) is 6.07 Å². The van der Waals surface area contributed by atoms with Gasteiger partial charge in [0.25, 0.3) is 0 Å². The van der Waals surface area contributed by atoms with Crippen molar-refractivity contribution in [3.05, 3.63) is 63.6 Å². The Kier molecular flexibility index (Phi) is 5.90. The predicted octanol–water partition coefficient (Wildman–Crippen LogP) is 3.34. The first-order chi connectivity index (χ1) is 11.0. The summed E-state index contributed by atoms with van der Waals surface area (Å²) in [6.45, 7) is 0.293. The van der Waals surface area contributed by atoms with Gasteiger partial charge in [0.2, 0.25) is 0 Å². The quantitative estimate of drug-likeness (QED) is 0.749. The monoisotopic (exact) mass is 351 g/mol. The van der Waals surface area contributed by atoms with Crippen LogP contribution in [0.2, 0.25) is 10.0 Å². The van der Waals surface area contributed by atoms with Crippen LogP contribution < -0.4 is 14.6 Å². The van der Waals surface area contributed by atoms with Crippen LogP contribution in [0.5, 0.6) is 11.5 Å². The molecule has 0 N–H and O–H groups in total. The number of carboxylic acid groups (broad SMARTS) is 1. The Morgan fingerprint density at radius 3 is 2.57 bits per heavy atom. The maximum atomic E-state index is 10.4. The molecule has 23 heavy (non-hydrogen) atoms. The van der Waals surface area contributed by atoms with Crippen LogP contribution in [0.15, 0.2) is 42.5 Å². The lowest BCUT2D eigenvalue weighted by Gasteiger charge is -2.12. The Hall–Kier alpha value is -2.17. The number of hydrogen-bond donors (Lipinski definition) is 0. The van der Waals surface area contributed by atoms with E-state index in [0.717, 1.165) is 11.6 Å². The minimum absolute atomic E-state index is 0.293. The van der Waals surface area contributed by atoms with Crippen molar-refractivity contribution in [3.8, 4) is 11.5 Å². The molecule has 0 saturated carbocycles. The van der Waals surface area contributed by atoms with Gasteiger partial charge in [0, 0.05) is 0 Å². The zero-order valence-corrected chi connectivity index (χ0v) is 13.7. The molecule has 0 atom stereocenters. The van der Waals surface area contributed by atoms with Gasteiger partial charge in [-0.3, -0.25) is 0 Å². The van der Waals surface area contributed by atoms with Crippen molar-refractivity contribution in [2.24, 2.45) is 0 Å². The van der Waals surface area contributed by atoms with Gasteiger partial charge in [0.05, 0.1) is 23.1 Å². The number of hydrogen-bond acceptors (Lipinski definition) is 4. The normalized spacial score (nSPS) is 10.7. The lowest BCUT2D eigenvalue weighted by molar-refractivity contribution is -0.297. The van der Waals surface area contributed by atoms with Crippen LogP contribution in [0.25, 0.3) is 6.08 Å². The zero-order valence-electron chi connectivity index (χ0n) is 12.2. The van der Waals surface area contributed by atoms with Crippen molar-refractivity contribution >= 4 is 35.2 Å². The predicted molar refractivity (Wildman–Crippen MR) is 87.8 cm³/mol. The van der Waals surface area contributed by atoms with E-state index in [0.29, 0.717) is 33.7 Å². The molecule has 0 aliphatic rings. The number of rotatable bonds is 6. The van der Waals surface area contributed by atoms with Crippen LogP contribution in [0, 0.1) is 0 Å². The van der Waals surface area contributed by atoms with Gasteiger partial charge in [-0.05, 0) is 41.5 Å². The van der Waals surface area contributed by atoms with E-state index < -0.39 is 5.97 Å². The van der Waals surface area contributed by atoms with Crippen molar-refractivity contribution in [1.29, 1.82) is 0 Å². The number of carboxylic acids is 1. The molecule has 0 unspecified atom stereocenters. The van der Waals surface area contributed by atoms with Crippen molar-refractivity contribution < 1.29 is 19.4 Å². The Labute approximate surface area is 143 Å². The molecule has 0 saturated heterocycles. The molecule has 0 aliphatic heterocycles. The second-order valence-electron chi connectivity index (χ2n) is 4.60. The maximum absolute atomic E-state index is 10.4. The number of carbonyl (C=O) groups excluding carboxylic acids is 1. The summed E-state index contributed by atoms with van der Waals surface area (Å²) in [5.74, 6) is -0.237. The van der Waals surface area contributed by atoms with Crippen LogP contribution in [0.4, 0.5) is 0 Å². The van der Waals surface area contributed by atoms with Crippen LogP contribution in [-0.2, 0) is 11.4 Å². The SMILES string of the molecule is COc1cc(C=CC(=O)[O-])ccc1OCc1ccc(Cl)c(Cl)c1. The first-order valence-corrected chi connectivity index (χ1v) is 7.39. The first kappa shape index (κ1) is 17.2. The summed E-state index contributed by atoms with van der Waals surface area (Å²) in [5.41, 5.74) is 1.52. The van der Waals surface area contributed by atoms with Crippen molar-refractivity contribution in [3.63, 3.8) is 0 Å². The fourth-order valence-electron chi connectivity index (χ4n) is 1.86. The van der Waals surface area contributed by atoms with Gasteiger partial charge in [0.15, 0.2) is 11.5 Å². The molecular weight excluding hydrogens is 339 g/mol. The zero-order chi connectivity index (χ0) is 16.8. The van der Waals surface area contributed by atoms with Gasteiger partial charge < -0.3 is 19.4 Å². The highest BCUT2D eigenvalue weighted by Crippen LogP contribution is 2.30. The number of carbonyl (C=O) groups is 1. The molecule has 0 spiro atoms. The third-order valence-electron chi connectivity index (χ3n) is 2.98. The molecule has 0 heterocycles. The van der Waals surface area contributed by atoms with Crippen molar-refractivity contribution in [2.75, 3.05) is 7.11 Å². The van der Waals surface area contributed by atoms with Crippen LogP contribution >= 0.6 is 23.2 Å². The summed E-state index contributed by atoms with van der Waals surface area (Å²) < 4.78 is 11.0. The van der Waals surface area contributed by atoms with E-state index in [-0.39, 0.29) is 0 Å². The molecule has 2 aromatic carbocycles. The van der Waals surface area contributed by atoms with Crippen LogP contribution in [0.1, 0.15) is 11.1 Å². The topological polar surface area (TPSA) is 58.6 Å². The van der Waals surface area contributed by atoms with E-state index in [9.17, 15) is 9.90 Å². The molecule has 0 amide bonds. The Balaban J connectivity index is 2.12. The van der Waals surface area contributed by atoms with Gasteiger partial charge >= 0.3 is 0 Å². The van der Waals surface area contributed by atoms with Gasteiger partial charge in [-0.1, -0.05) is 41.4 Å². The summed E-state index contributed by atoms with van der Waals surface area (Å²) in [7, 11) is 1.51. The second kappa shape index (κ2) is 7.90. The Bertz CT molecular complexity index is 741. The number of benzene rings is 2. The highest BCUT2D eigenvalue weighted by Gasteiger charge is 2.06. The first-order valence-electron chi connectivity index (χ1n) is 6.63. The third-order valence-corrected chi connectivity index (χ3v) is 3.72. The molecule has 4 nitrogen and oxygen atoms in total. The maximum Gasteiger partial charge on any atom is 0.161 e. The largest absolute Gasteiger partial charge is 0.545 e. The van der Waals surface area contributed by atoms with Crippen LogP contribution in [0.3, 0.4) is 0 Å². The van der Waals surface area contributed by atoms with E-state index in [2.05, 4.69) is 0 Å². The number of halogens is 2. The smallest absolute Gasteiger partial charge is 0.161 e. The van der Waals surface area contributed by atoms with Gasteiger partial charge in [0.1, 0.15) is 6.61 Å². The molecule has 0 aliphatic carbocycles. The highest BCUT2D eigenvalue weighted by molar-refractivity contribution is 6.42. The Morgan fingerprint density at radius 1 is 1.13 bits per heavy atom. The minimum Gasteiger partial charge on any atom is -0.545 e. The van der Waals surface area contributed by atoms with Gasteiger partial charge in [-0.15, -0.1) is 0 Å². The average molecular weight is 352 g/mol. The molecule has 120 valence electrons. The highest BCUT2D eigenvalue weighted by atomic mass is 35.5. The minimum atomic E-state index is -1.26. The van der Waals surface area contributed by atoms with E-state index >= 15 is 0 Å².